The average Bonchev–Trinajstić information content (AvgIpc) is 0.799. The van der Waals surface area contributed by atoms with E-state index in [1.165, 1.54) is 22.3 Å². The lowest BCUT2D eigenvalue weighted by molar-refractivity contribution is 1.32. The van der Waals surface area contributed by atoms with Gasteiger partial charge in [-0.3, -0.25) is 4.98 Å². The third kappa shape index (κ3) is 22.7. The third-order valence-electron chi connectivity index (χ3n) is 17.3. The molecule has 0 aliphatic rings. The number of halogens is 1. The van der Waals surface area contributed by atoms with Gasteiger partial charge in [0.25, 0.3) is 0 Å². The van der Waals surface area contributed by atoms with Crippen LogP contribution >= 0.6 is 15.9 Å². The molecule has 67 heteroatoms. The molecular formula is C19H16B65BrN. The summed E-state index contributed by atoms with van der Waals surface area (Å²) in [7, 11) is 221. The van der Waals surface area contributed by atoms with Crippen LogP contribution in [0.3, 0.4) is 0 Å². The Morgan fingerprint density at radius 1 is 0.302 bits per heavy atom. The number of nitrogens with zero attached hydrogens (tertiary/aromatic N) is 1. The molecule has 0 N–H and O–H groups in total. The van der Waals surface area contributed by atoms with Crippen LogP contribution in [0.2, 0.25) is 0 Å². The van der Waals surface area contributed by atoms with Gasteiger partial charge in [-0.15, -0.1) is 0 Å². The minimum atomic E-state index is -1.59. The molecule has 0 unspecified atom stereocenters. The van der Waals surface area contributed by atoms with Gasteiger partial charge in [0.1, 0.15) is 0 Å². The Kier molecular flexibility index (Phi) is 38.7. The van der Waals surface area contributed by atoms with E-state index >= 15 is 0 Å². The van der Waals surface area contributed by atoms with E-state index in [0.717, 1.165) is 22.8 Å². The molecule has 1 aromatic heterocycles. The Morgan fingerprint density at radius 2 is 0.547 bits per heavy atom. The maximum atomic E-state index is 6.81. The lowest BCUT2D eigenvalue weighted by Crippen LogP contribution is -2.98. The normalized spacial score (nSPS) is 9.94. The summed E-state index contributed by atoms with van der Waals surface area (Å²) in [5.74, 6) is 0. The Morgan fingerprint density at radius 3 is 0.779 bits per heavy atom. The number of pyridine rings is 1. The van der Waals surface area contributed by atoms with Gasteiger partial charge < -0.3 is 0 Å². The van der Waals surface area contributed by atoms with Crippen molar-refractivity contribution in [2.75, 3.05) is 0 Å². The molecular weight excluding hydrogens is 1020 g/mol. The summed E-state index contributed by atoms with van der Waals surface area (Å²) in [6.45, 7) is 4.28. The van der Waals surface area contributed by atoms with Gasteiger partial charge in [-0.25, -0.2) is 0 Å². The first-order chi connectivity index (χ1) is 39.7. The first-order valence-corrected chi connectivity index (χ1v) is 29.1. The highest BCUT2D eigenvalue weighted by Crippen LogP contribution is 2.32. The smallest absolute Gasteiger partial charge is 0.0701 e. The highest BCUT2D eigenvalue weighted by molar-refractivity contribution is 9.10. The van der Waals surface area contributed by atoms with Gasteiger partial charge >= 0.3 is 0 Å². The van der Waals surface area contributed by atoms with E-state index in [0.29, 0.717) is 0 Å². The van der Waals surface area contributed by atoms with Crippen molar-refractivity contribution in [2.45, 2.75) is 13.8 Å². The van der Waals surface area contributed by atoms with Crippen molar-refractivity contribution >= 4 is 476 Å². The lowest BCUT2D eigenvalue weighted by atomic mass is 8.22. The van der Waals surface area contributed by atoms with Gasteiger partial charge in [-0.2, -0.15) is 0 Å². The fourth-order valence-electron chi connectivity index (χ4n) is 13.6. The lowest BCUT2D eigenvalue weighted by Gasteiger charge is -2.59. The van der Waals surface area contributed by atoms with Gasteiger partial charge in [0.15, 0.2) is 0 Å². The zero-order valence-electron chi connectivity index (χ0n) is 49.6. The van der Waals surface area contributed by atoms with Crippen molar-refractivity contribution in [3.63, 3.8) is 0 Å². The number of hydrogen-bond donors (Lipinski definition) is 0. The summed E-state index contributed by atoms with van der Waals surface area (Å²) in [5, 5.41) is 0. The molecule has 0 saturated carbocycles. The van der Waals surface area contributed by atoms with Gasteiger partial charge in [0, 0.05) is 477 Å². The molecule has 0 fully saturated rings. The molecule has 299 valence electrons. The molecule has 0 spiro atoms. The highest BCUT2D eigenvalue weighted by Gasteiger charge is 2.63. The van der Waals surface area contributed by atoms with Crippen LogP contribution in [0.4, 0.5) is 0 Å². The first-order valence-electron chi connectivity index (χ1n) is 28.3. The van der Waals surface area contributed by atoms with Crippen molar-refractivity contribution < 1.29 is 0 Å². The number of aryl methyl sites for hydroxylation is 2. The predicted octanol–water partition coefficient (Wildman–Crippen LogP) is -19.0. The topological polar surface area (TPSA) is 12.9 Å². The van der Waals surface area contributed by atoms with E-state index in [2.05, 4.69) is 71.2 Å². The molecule has 2 aromatic carbocycles. The predicted molar refractivity (Wildman–Crippen MR) is 466 cm³/mol. The number of aromatic nitrogens is 1. The van der Waals surface area contributed by atoms with Crippen molar-refractivity contribution in [2.24, 2.45) is 0 Å². The molecule has 3 aromatic rings. The van der Waals surface area contributed by atoms with Crippen molar-refractivity contribution in [1.29, 1.82) is 0 Å². The third-order valence-corrected chi connectivity index (χ3v) is 18.0. The number of rotatable bonds is 33. The molecule has 1 heterocycles. The van der Waals surface area contributed by atoms with Crippen LogP contribution in [0.25, 0.3) is 22.4 Å². The molecule has 0 aliphatic carbocycles. The van der Waals surface area contributed by atoms with Crippen LogP contribution in [0.5, 0.6) is 0 Å². The molecule has 0 amide bonds. The Labute approximate surface area is 588 Å². The van der Waals surface area contributed by atoms with E-state index in [-0.39, 0.29) is 0 Å². The minimum absolute atomic E-state index is 1.00. The molecule has 0 atom stereocenters. The summed E-state index contributed by atoms with van der Waals surface area (Å²) >= 11 is 3.67. The zero-order valence-corrected chi connectivity index (χ0v) is 51.2. The molecule has 0 saturated heterocycles. The average molecular weight is 1040 g/mol. The second kappa shape index (κ2) is 39.5. The number of benzene rings is 2. The van der Waals surface area contributed by atoms with Crippen LogP contribution in [0.15, 0.2) is 65.3 Å². The summed E-state index contributed by atoms with van der Waals surface area (Å²) in [4.78, 5) is 4.39. The van der Waals surface area contributed by atoms with Crippen LogP contribution in [0.1, 0.15) is 11.1 Å². The van der Waals surface area contributed by atoms with E-state index in [1.807, 2.05) is 24.4 Å². The monoisotopic (exact) mass is 1050 g/mol. The summed E-state index contributed by atoms with van der Waals surface area (Å²) in [6, 6.07) is 18.9. The number of hydrogen-bond acceptors (Lipinski definition) is 1. The zero-order chi connectivity index (χ0) is 66.4. The van der Waals surface area contributed by atoms with Crippen LogP contribution < -0.4 is 0 Å². The summed E-state index contributed by atoms with van der Waals surface area (Å²) in [6.07, 6.45) is -43.9. The largest absolute Gasteiger partial charge is 0.256 e. The molecule has 67 radical (unpaired) electrons. The SMILES string of the molecule is Cc1cc(Br)c(-c2ccc(-c3ccccn3)cc2)cc1C.[B][B]B(B([B])[B])B(B([B])[B])B(B(B([B])[B])B([B])[B])B(B(B(B([B])[B])B([B])[B])B(B([B])[B])B([B])[B])B(B(B(B([B])[B])B([B])[B])B(B([B])[B])B([B])[B])B(B(B([B])[B])B([B])[B])B(B([B])[B])B([B])[B]. The van der Waals surface area contributed by atoms with E-state index < -0.39 is 198 Å². The second-order valence-electron chi connectivity index (χ2n) is 23.3. The van der Waals surface area contributed by atoms with Gasteiger partial charge in [0.2, 0.25) is 0 Å². The molecule has 86 heavy (non-hydrogen) atoms. The van der Waals surface area contributed by atoms with E-state index in [1.54, 1.807) is 0 Å². The Balaban J connectivity index is 0.000000986. The Bertz CT molecular complexity index is 2190. The van der Waals surface area contributed by atoms with E-state index in [4.69, 9.17) is 255 Å². The van der Waals surface area contributed by atoms with Crippen LogP contribution in [-0.4, -0.2) is 465 Å². The summed E-state index contributed by atoms with van der Waals surface area (Å²) < 4.78 is 1.14. The van der Waals surface area contributed by atoms with Crippen LogP contribution in [-0.2, 0) is 0 Å². The fourth-order valence-corrected chi connectivity index (χ4v) is 14.3. The second-order valence-corrected chi connectivity index (χ2v) is 24.2. The highest BCUT2D eigenvalue weighted by atomic mass is 79.9. The molecule has 0 bridgehead atoms. The Hall–Kier alpha value is 2.29. The van der Waals surface area contributed by atoms with Crippen molar-refractivity contribution in [3.8, 4) is 22.4 Å². The quantitative estimate of drug-likeness (QED) is 0.0554. The van der Waals surface area contributed by atoms with Gasteiger partial charge in [0.05, 0.1) is 5.69 Å². The fraction of sp³-hybridized carbons (Fsp3) is 0.105. The summed E-state index contributed by atoms with van der Waals surface area (Å²) in [5.41, 5.74) is 7.19. The maximum Gasteiger partial charge on any atom is 0.0701 e. The van der Waals surface area contributed by atoms with Crippen molar-refractivity contribution in [3.05, 3.63) is 76.4 Å². The first kappa shape index (κ1) is 84.4. The van der Waals surface area contributed by atoms with Crippen molar-refractivity contribution in [1.82, 2.24) is 4.98 Å². The maximum absolute atomic E-state index is 6.81. The van der Waals surface area contributed by atoms with E-state index in [9.17, 15) is 0 Å². The standard InChI is InChI=1S/C19H16BrN.B65/c1-13-11-17(18(20)12-14(13)2)15-6-8-16(9-7-15)19-5-3-4-10-21-19;1-34-51(35(2)3)59(50(32)33)63(58(48(28)29)49(30)31)65(62(56(44(20)21)45(22)23)57(46(24)25)47(26)27)64(60(52(36(4)5)37(6)7)53(38(8)9)39(10)11)61(54(40(12)13)41(14)15)55(42(16)17)43(18)19/h3-12H,1-2H3;. The minimum Gasteiger partial charge on any atom is -0.256 e. The molecule has 0 aliphatic heterocycles. The molecule has 1 nitrogen and oxygen atoms in total. The van der Waals surface area contributed by atoms with Crippen LogP contribution in [0, 0.1) is 13.8 Å². The van der Waals surface area contributed by atoms with Gasteiger partial charge in [-0.1, -0.05) is 52.3 Å². The van der Waals surface area contributed by atoms with Gasteiger partial charge in [-0.05, 0) is 54.3 Å². The molecule has 3 rings (SSSR count).